The molecule has 2 rings (SSSR count). The summed E-state index contributed by atoms with van der Waals surface area (Å²) in [6, 6.07) is 6.52. The molecule has 1 fully saturated rings. The molecule has 1 saturated heterocycles. The maximum absolute atomic E-state index is 12.2. The number of ether oxygens (including phenoxy) is 7. The molecule has 1 heterocycles. The van der Waals surface area contributed by atoms with E-state index in [0.29, 0.717) is 25.7 Å². The lowest BCUT2D eigenvalue weighted by molar-refractivity contribution is -0.201. The molecule has 0 aromatic heterocycles. The standard InChI is InChI=1S/C16H24O6S.C6H14O2.2C5H12O2.C4H10O.4CH4/c1-13-6-8-15(9-7-13)23(17,18)21-12-14(11-19-2)22-16-5-3-4-10-20-16;1-3-6(4-7)5-8-2;1-3-5(6)4-7-2;1-3-5(4-6)7-2;1-3-4-5-2;;;;/h6-9,14,16H,3-5,10-12H2,1-2H3;6-7H,3-5H2,1-2H3;2*5-6H,3-4H2,1-2H3;3-4H2,1-2H3;4*1H4. The molecule has 0 bridgehead atoms. The Morgan fingerprint density at radius 3 is 1.61 bits per heavy atom. The van der Waals surface area contributed by atoms with Crippen molar-refractivity contribution in [2.45, 2.75) is 139 Å². The summed E-state index contributed by atoms with van der Waals surface area (Å²) in [6.45, 7) is 13.1. The van der Waals surface area contributed by atoms with E-state index in [1.165, 1.54) is 19.2 Å². The zero-order chi connectivity index (χ0) is 38.6. The van der Waals surface area contributed by atoms with Crippen molar-refractivity contribution in [2.75, 3.05) is 88.4 Å². The molecule has 1 aromatic carbocycles. The van der Waals surface area contributed by atoms with Crippen molar-refractivity contribution in [1.82, 2.24) is 0 Å². The van der Waals surface area contributed by atoms with E-state index in [1.807, 2.05) is 27.7 Å². The fraction of sp³-hybridized carbons (Fsp3) is 0.850. The third kappa shape index (κ3) is 40.4. The Balaban J connectivity index is -0.000000119. The first kappa shape index (κ1) is 67.5. The molecule has 1 aliphatic rings. The SMILES string of the molecule is C.C.C.C.CCC(CO)COC.CCC(CO)OC.CCC(O)COC.CCCOC.COCC(COS(=O)(=O)c1ccc(C)cc1)OC1CCCCO1. The molecule has 0 amide bonds. The quantitative estimate of drug-likeness (QED) is 0.112. The van der Waals surface area contributed by atoms with Crippen molar-refractivity contribution in [3.8, 4) is 0 Å². The van der Waals surface area contributed by atoms with Crippen LogP contribution in [0, 0.1) is 12.8 Å². The highest BCUT2D eigenvalue weighted by atomic mass is 32.2. The average molecular weight is 809 g/mol. The van der Waals surface area contributed by atoms with Crippen molar-refractivity contribution in [3.63, 3.8) is 0 Å². The topological polar surface area (TPSA) is 169 Å². The predicted octanol–water partition coefficient (Wildman–Crippen LogP) is 7.30. The molecule has 14 heteroatoms. The number of hydrogen-bond acceptors (Lipinski definition) is 13. The lowest BCUT2D eigenvalue weighted by atomic mass is 10.1. The van der Waals surface area contributed by atoms with Crippen LogP contribution in [-0.4, -0.2) is 137 Å². The van der Waals surface area contributed by atoms with Gasteiger partial charge in [-0.05, 0) is 64.0 Å². The summed E-state index contributed by atoms with van der Waals surface area (Å²) < 4.78 is 64.8. The van der Waals surface area contributed by atoms with Gasteiger partial charge in [0.2, 0.25) is 0 Å². The van der Waals surface area contributed by atoms with E-state index in [2.05, 4.69) is 11.7 Å². The Hall–Kier alpha value is -1.27. The second-order valence-electron chi connectivity index (χ2n) is 11.4. The molecule has 54 heavy (non-hydrogen) atoms. The predicted molar refractivity (Wildman–Crippen MR) is 223 cm³/mol. The van der Waals surface area contributed by atoms with Crippen LogP contribution < -0.4 is 0 Å². The van der Waals surface area contributed by atoms with Gasteiger partial charge in [-0.15, -0.1) is 0 Å². The van der Waals surface area contributed by atoms with Crippen LogP contribution in [0.5, 0.6) is 0 Å². The Labute approximate surface area is 333 Å². The normalized spacial score (nSPS) is 15.2. The van der Waals surface area contributed by atoms with Crippen LogP contribution in [0.1, 0.15) is 108 Å². The monoisotopic (exact) mass is 809 g/mol. The van der Waals surface area contributed by atoms with Crippen LogP contribution in [-0.2, 0) is 47.5 Å². The fourth-order valence-electron chi connectivity index (χ4n) is 3.70. The van der Waals surface area contributed by atoms with Gasteiger partial charge in [-0.3, -0.25) is 4.18 Å². The van der Waals surface area contributed by atoms with Crippen LogP contribution in [0.3, 0.4) is 0 Å². The lowest BCUT2D eigenvalue weighted by Crippen LogP contribution is -2.34. The van der Waals surface area contributed by atoms with Gasteiger partial charge >= 0.3 is 0 Å². The van der Waals surface area contributed by atoms with E-state index < -0.39 is 16.2 Å². The molecule has 0 spiro atoms. The maximum Gasteiger partial charge on any atom is 0.297 e. The number of aryl methyl sites for hydroxylation is 1. The number of hydrogen-bond donors (Lipinski definition) is 3. The molecule has 3 N–H and O–H groups in total. The van der Waals surface area contributed by atoms with Crippen molar-refractivity contribution < 1.29 is 61.1 Å². The summed E-state index contributed by atoms with van der Waals surface area (Å²) in [7, 11) is 4.27. The van der Waals surface area contributed by atoms with Crippen LogP contribution in [0.2, 0.25) is 0 Å². The van der Waals surface area contributed by atoms with Gasteiger partial charge in [0.05, 0.1) is 50.1 Å². The van der Waals surface area contributed by atoms with Gasteiger partial charge in [-0.2, -0.15) is 8.42 Å². The number of aliphatic hydroxyl groups is 3. The van der Waals surface area contributed by atoms with Gasteiger partial charge in [0.1, 0.15) is 6.10 Å². The zero-order valence-corrected chi connectivity index (χ0v) is 33.5. The van der Waals surface area contributed by atoms with E-state index in [0.717, 1.165) is 57.1 Å². The second kappa shape index (κ2) is 47.9. The summed E-state index contributed by atoms with van der Waals surface area (Å²) in [4.78, 5) is 0.133. The first-order valence-electron chi connectivity index (χ1n) is 17.5. The molecule has 13 nitrogen and oxygen atoms in total. The second-order valence-corrected chi connectivity index (χ2v) is 13.0. The Morgan fingerprint density at radius 1 is 0.741 bits per heavy atom. The van der Waals surface area contributed by atoms with Crippen molar-refractivity contribution in [2.24, 2.45) is 5.92 Å². The first-order valence-corrected chi connectivity index (χ1v) is 19.0. The summed E-state index contributed by atoms with van der Waals surface area (Å²) in [6.07, 6.45) is 5.56. The molecule has 5 atom stereocenters. The van der Waals surface area contributed by atoms with Gasteiger partial charge in [-0.1, -0.05) is 75.1 Å². The highest BCUT2D eigenvalue weighted by Crippen LogP contribution is 2.18. The van der Waals surface area contributed by atoms with Crippen LogP contribution >= 0.6 is 0 Å². The fourth-order valence-corrected chi connectivity index (χ4v) is 4.64. The van der Waals surface area contributed by atoms with E-state index in [-0.39, 0.29) is 79.5 Å². The smallest absolute Gasteiger partial charge is 0.297 e. The minimum atomic E-state index is -3.81. The Morgan fingerprint density at radius 2 is 1.31 bits per heavy atom. The lowest BCUT2D eigenvalue weighted by Gasteiger charge is -2.27. The molecule has 0 aliphatic carbocycles. The minimum Gasteiger partial charge on any atom is -0.396 e. The van der Waals surface area contributed by atoms with Gasteiger partial charge < -0.3 is 48.5 Å². The summed E-state index contributed by atoms with van der Waals surface area (Å²) in [5, 5.41) is 25.7. The maximum atomic E-state index is 12.2. The molecule has 5 unspecified atom stereocenters. The van der Waals surface area contributed by atoms with Crippen molar-refractivity contribution in [1.29, 1.82) is 0 Å². The van der Waals surface area contributed by atoms with Gasteiger partial charge in [-0.25, -0.2) is 0 Å². The minimum absolute atomic E-state index is 0. The van der Waals surface area contributed by atoms with E-state index in [4.69, 9.17) is 47.9 Å². The third-order valence-electron chi connectivity index (χ3n) is 7.02. The summed E-state index contributed by atoms with van der Waals surface area (Å²) >= 11 is 0. The largest absolute Gasteiger partial charge is 0.396 e. The highest BCUT2D eigenvalue weighted by molar-refractivity contribution is 7.86. The number of methoxy groups -OCH3 is 5. The molecule has 0 radical (unpaired) electrons. The average Bonchev–Trinajstić information content (AvgIpc) is 3.12. The molecule has 332 valence electrons. The molecule has 0 saturated carbocycles. The van der Waals surface area contributed by atoms with E-state index in [9.17, 15) is 8.42 Å². The van der Waals surface area contributed by atoms with Crippen LogP contribution in [0.4, 0.5) is 0 Å². The molecule has 1 aliphatic heterocycles. The van der Waals surface area contributed by atoms with Crippen LogP contribution in [0.15, 0.2) is 29.2 Å². The first-order chi connectivity index (χ1) is 23.9. The van der Waals surface area contributed by atoms with Crippen molar-refractivity contribution >= 4 is 10.1 Å². The van der Waals surface area contributed by atoms with Gasteiger partial charge in [0, 0.05) is 61.3 Å². The van der Waals surface area contributed by atoms with Gasteiger partial charge in [0.25, 0.3) is 10.1 Å². The summed E-state index contributed by atoms with van der Waals surface area (Å²) in [5.74, 6) is 0.333. The highest BCUT2D eigenvalue weighted by Gasteiger charge is 2.23. The number of aliphatic hydroxyl groups excluding tert-OH is 3. The van der Waals surface area contributed by atoms with E-state index in [1.54, 1.807) is 40.6 Å². The molecular formula is C40H88O13S. The van der Waals surface area contributed by atoms with E-state index >= 15 is 0 Å². The number of benzene rings is 1. The van der Waals surface area contributed by atoms with Crippen LogP contribution in [0.25, 0.3) is 0 Å². The third-order valence-corrected chi connectivity index (χ3v) is 8.32. The zero-order valence-electron chi connectivity index (χ0n) is 32.6. The molecule has 1 aromatic rings. The Bertz CT molecular complexity index is 899. The Kier molecular flexibility index (Phi) is 59.8. The van der Waals surface area contributed by atoms with Gasteiger partial charge in [0.15, 0.2) is 6.29 Å². The summed E-state index contributed by atoms with van der Waals surface area (Å²) in [5.41, 5.74) is 0.985. The molecular weight excluding hydrogens is 720 g/mol. The van der Waals surface area contributed by atoms with Crippen molar-refractivity contribution in [3.05, 3.63) is 29.8 Å². The number of rotatable bonds is 20.